The Labute approximate surface area is 184 Å². The molecule has 0 aromatic heterocycles. The highest BCUT2D eigenvalue weighted by molar-refractivity contribution is 5.72. The Hall–Kier alpha value is -1.51. The first-order valence-corrected chi connectivity index (χ1v) is 12.3. The summed E-state index contributed by atoms with van der Waals surface area (Å²) >= 11 is 0. The van der Waals surface area contributed by atoms with E-state index >= 15 is 0 Å². The van der Waals surface area contributed by atoms with E-state index in [1.165, 1.54) is 76.7 Å². The number of carbonyl (C=O) groups is 1. The molecular formula is C27H44O3. The highest BCUT2D eigenvalue weighted by atomic mass is 16.5. The van der Waals surface area contributed by atoms with Gasteiger partial charge in [0, 0.05) is 12.5 Å². The highest BCUT2D eigenvalue weighted by Crippen LogP contribution is 2.44. The number of rotatable bonds is 12. The molecule has 0 saturated heterocycles. The van der Waals surface area contributed by atoms with Crippen molar-refractivity contribution in [1.29, 1.82) is 0 Å². The van der Waals surface area contributed by atoms with Crippen LogP contribution in [0.4, 0.5) is 0 Å². The number of unbranched alkanes of at least 4 members (excludes halogenated alkanes) is 9. The average Bonchev–Trinajstić information content (AvgIpc) is 2.70. The smallest absolute Gasteiger partial charge is 0.308 e. The molecule has 0 aliphatic carbocycles. The van der Waals surface area contributed by atoms with Crippen LogP contribution < -0.4 is 9.47 Å². The van der Waals surface area contributed by atoms with Gasteiger partial charge in [-0.1, -0.05) is 64.7 Å². The van der Waals surface area contributed by atoms with Crippen molar-refractivity contribution in [1.82, 2.24) is 0 Å². The normalized spacial score (nSPS) is 18.1. The predicted octanol–water partition coefficient (Wildman–Crippen LogP) is 7.93. The molecule has 0 saturated carbocycles. The van der Waals surface area contributed by atoms with Crippen molar-refractivity contribution < 1.29 is 14.3 Å². The molecule has 3 heteroatoms. The number of fused-ring (bicyclic) bond motifs is 1. The van der Waals surface area contributed by atoms with Crippen molar-refractivity contribution in [3.63, 3.8) is 0 Å². The van der Waals surface area contributed by atoms with Gasteiger partial charge in [0.25, 0.3) is 0 Å². The van der Waals surface area contributed by atoms with Crippen LogP contribution in [-0.4, -0.2) is 11.6 Å². The molecular weight excluding hydrogens is 372 g/mol. The largest absolute Gasteiger partial charge is 0.487 e. The summed E-state index contributed by atoms with van der Waals surface area (Å²) in [5.74, 6) is 1.49. The predicted molar refractivity (Wildman–Crippen MR) is 126 cm³/mol. The molecule has 1 aromatic carbocycles. The summed E-state index contributed by atoms with van der Waals surface area (Å²) in [5.41, 5.74) is 4.32. The van der Waals surface area contributed by atoms with Gasteiger partial charge < -0.3 is 9.47 Å². The van der Waals surface area contributed by atoms with Gasteiger partial charge in [-0.15, -0.1) is 0 Å². The molecule has 3 nitrogen and oxygen atoms in total. The first kappa shape index (κ1) is 24.8. The molecule has 30 heavy (non-hydrogen) atoms. The molecule has 0 radical (unpaired) electrons. The van der Waals surface area contributed by atoms with Crippen LogP contribution in [0.15, 0.2) is 0 Å². The number of ether oxygens (including phenoxy) is 2. The molecule has 1 aromatic rings. The number of hydrogen-bond donors (Lipinski definition) is 0. The molecule has 0 amide bonds. The number of benzene rings is 1. The Morgan fingerprint density at radius 3 is 2.03 bits per heavy atom. The molecule has 0 N–H and O–H groups in total. The van der Waals surface area contributed by atoms with Crippen molar-refractivity contribution in [3.05, 3.63) is 22.3 Å². The van der Waals surface area contributed by atoms with E-state index in [0.717, 1.165) is 47.5 Å². The van der Waals surface area contributed by atoms with Crippen LogP contribution in [0.2, 0.25) is 0 Å². The van der Waals surface area contributed by atoms with Gasteiger partial charge in [0.15, 0.2) is 0 Å². The Morgan fingerprint density at radius 1 is 0.900 bits per heavy atom. The topological polar surface area (TPSA) is 35.5 Å². The lowest BCUT2D eigenvalue weighted by Gasteiger charge is -2.38. The average molecular weight is 417 g/mol. The number of esters is 1. The fraction of sp³-hybridized carbons (Fsp3) is 0.741. The summed E-state index contributed by atoms with van der Waals surface area (Å²) in [5, 5.41) is 0. The Balaban J connectivity index is 1.84. The maximum absolute atomic E-state index is 11.5. The van der Waals surface area contributed by atoms with Crippen LogP contribution in [0, 0.1) is 20.8 Å². The lowest BCUT2D eigenvalue weighted by atomic mass is 9.84. The van der Waals surface area contributed by atoms with Crippen LogP contribution in [0.1, 0.15) is 120 Å². The summed E-state index contributed by atoms with van der Waals surface area (Å²) in [6.45, 7) is 12.2. The van der Waals surface area contributed by atoms with Gasteiger partial charge in [-0.05, 0) is 70.1 Å². The Morgan fingerprint density at radius 2 is 1.47 bits per heavy atom. The maximum atomic E-state index is 11.5. The first-order valence-electron chi connectivity index (χ1n) is 12.3. The summed E-state index contributed by atoms with van der Waals surface area (Å²) in [4.78, 5) is 11.5. The van der Waals surface area contributed by atoms with Crippen molar-refractivity contribution in [2.75, 3.05) is 0 Å². The van der Waals surface area contributed by atoms with E-state index in [9.17, 15) is 4.79 Å². The van der Waals surface area contributed by atoms with Crippen LogP contribution >= 0.6 is 0 Å². The van der Waals surface area contributed by atoms with Gasteiger partial charge in [0.05, 0.1) is 0 Å². The van der Waals surface area contributed by atoms with Crippen molar-refractivity contribution in [3.8, 4) is 11.5 Å². The monoisotopic (exact) mass is 416 g/mol. The Bertz CT molecular complexity index is 707. The molecule has 1 aliphatic rings. The molecule has 0 bridgehead atoms. The second-order valence-corrected chi connectivity index (χ2v) is 9.59. The third-order valence-electron chi connectivity index (χ3n) is 6.87. The lowest BCUT2D eigenvalue weighted by molar-refractivity contribution is -0.132. The molecule has 0 unspecified atom stereocenters. The third kappa shape index (κ3) is 6.75. The van der Waals surface area contributed by atoms with Gasteiger partial charge in [0.2, 0.25) is 0 Å². The second kappa shape index (κ2) is 11.8. The van der Waals surface area contributed by atoms with Crippen LogP contribution in [-0.2, 0) is 11.2 Å². The van der Waals surface area contributed by atoms with Gasteiger partial charge in [-0.3, -0.25) is 4.79 Å². The second-order valence-electron chi connectivity index (χ2n) is 9.59. The van der Waals surface area contributed by atoms with E-state index in [4.69, 9.17) is 9.47 Å². The van der Waals surface area contributed by atoms with Crippen molar-refractivity contribution >= 4 is 5.97 Å². The molecule has 1 heterocycles. The van der Waals surface area contributed by atoms with Crippen molar-refractivity contribution in [2.24, 2.45) is 0 Å². The lowest BCUT2D eigenvalue weighted by Crippen LogP contribution is -2.37. The minimum atomic E-state index is -0.261. The minimum absolute atomic E-state index is 0.0836. The summed E-state index contributed by atoms with van der Waals surface area (Å²) in [6, 6.07) is 0. The quantitative estimate of drug-likeness (QED) is 0.197. The fourth-order valence-corrected chi connectivity index (χ4v) is 4.74. The van der Waals surface area contributed by atoms with Crippen LogP contribution in [0.25, 0.3) is 0 Å². The first-order chi connectivity index (χ1) is 14.3. The fourth-order valence-electron chi connectivity index (χ4n) is 4.74. The van der Waals surface area contributed by atoms with Crippen LogP contribution in [0.3, 0.4) is 0 Å². The molecule has 1 atom stereocenters. The molecule has 2 rings (SSSR count). The zero-order valence-corrected chi connectivity index (χ0v) is 20.4. The van der Waals surface area contributed by atoms with Crippen LogP contribution in [0.5, 0.6) is 11.5 Å². The van der Waals surface area contributed by atoms with Gasteiger partial charge >= 0.3 is 5.97 Å². The maximum Gasteiger partial charge on any atom is 0.308 e. The molecule has 170 valence electrons. The SMILES string of the molecule is CCCCCCCCCCCC[C@@]1(C)CCc2c(C)c(OC(C)=O)c(C)c(C)c2O1. The van der Waals surface area contributed by atoms with Gasteiger partial charge in [-0.2, -0.15) is 0 Å². The van der Waals surface area contributed by atoms with Gasteiger partial charge in [-0.25, -0.2) is 0 Å². The number of hydrogen-bond acceptors (Lipinski definition) is 3. The van der Waals surface area contributed by atoms with E-state index < -0.39 is 0 Å². The highest BCUT2D eigenvalue weighted by Gasteiger charge is 2.34. The molecule has 0 fully saturated rings. The third-order valence-corrected chi connectivity index (χ3v) is 6.87. The van der Waals surface area contributed by atoms with Crippen molar-refractivity contribution in [2.45, 2.75) is 131 Å². The Kier molecular flexibility index (Phi) is 9.71. The van der Waals surface area contributed by atoms with E-state index in [1.54, 1.807) is 0 Å². The van der Waals surface area contributed by atoms with E-state index in [-0.39, 0.29) is 11.6 Å². The molecule has 1 aliphatic heterocycles. The van der Waals surface area contributed by atoms with E-state index in [2.05, 4.69) is 27.7 Å². The number of carbonyl (C=O) groups excluding carboxylic acids is 1. The summed E-state index contributed by atoms with van der Waals surface area (Å²) < 4.78 is 12.1. The minimum Gasteiger partial charge on any atom is -0.487 e. The van der Waals surface area contributed by atoms with E-state index in [0.29, 0.717) is 0 Å². The summed E-state index contributed by atoms with van der Waals surface area (Å²) in [6.07, 6.45) is 16.8. The van der Waals surface area contributed by atoms with Gasteiger partial charge in [0.1, 0.15) is 17.1 Å². The zero-order chi connectivity index (χ0) is 22.1. The summed E-state index contributed by atoms with van der Waals surface area (Å²) in [7, 11) is 0. The molecule has 0 spiro atoms. The zero-order valence-electron chi connectivity index (χ0n) is 20.4. The standard InChI is InChI=1S/C27H44O3/c1-7-8-9-10-11-12-13-14-15-16-18-27(6)19-17-24-22(4)25(29-23(5)28)20(2)21(3)26(24)30-27/h7-19H2,1-6H3/t27-/m0/s1. The van der Waals surface area contributed by atoms with E-state index in [1.807, 2.05) is 6.92 Å².